The van der Waals surface area contributed by atoms with E-state index in [0.29, 0.717) is 11.8 Å². The summed E-state index contributed by atoms with van der Waals surface area (Å²) in [5.41, 5.74) is 6.58. The Morgan fingerprint density at radius 2 is 2.25 bits per heavy atom. The summed E-state index contributed by atoms with van der Waals surface area (Å²) in [6, 6.07) is 10.4. The molecule has 104 valence electrons. The Morgan fingerprint density at radius 1 is 1.40 bits per heavy atom. The van der Waals surface area contributed by atoms with E-state index in [2.05, 4.69) is 39.7 Å². The molecule has 0 radical (unpaired) electrons. The fourth-order valence-corrected chi connectivity index (χ4v) is 2.79. The van der Waals surface area contributed by atoms with Gasteiger partial charge in [-0.15, -0.1) is 0 Å². The predicted molar refractivity (Wildman–Crippen MR) is 76.2 cm³/mol. The number of hydrogen-bond donors (Lipinski definition) is 2. The van der Waals surface area contributed by atoms with Crippen molar-refractivity contribution >= 4 is 0 Å². The van der Waals surface area contributed by atoms with Gasteiger partial charge in [-0.1, -0.05) is 24.3 Å². The van der Waals surface area contributed by atoms with Crippen molar-refractivity contribution in [2.45, 2.75) is 24.8 Å². The highest BCUT2D eigenvalue weighted by molar-refractivity contribution is 5.40. The van der Waals surface area contributed by atoms with Gasteiger partial charge in [-0.25, -0.2) is 9.97 Å². The summed E-state index contributed by atoms with van der Waals surface area (Å²) in [5.74, 6) is 6.79. The Hall–Kier alpha value is -1.98. The van der Waals surface area contributed by atoms with Crippen LogP contribution >= 0.6 is 0 Å². The maximum Gasteiger partial charge on any atom is 0.216 e. The SMILES string of the molecule is COc1cc(C(CC2Cc3ccccc32)NN)ncn1. The summed E-state index contributed by atoms with van der Waals surface area (Å²) in [5, 5.41) is 0. The van der Waals surface area contributed by atoms with Crippen molar-refractivity contribution in [2.75, 3.05) is 7.11 Å². The van der Waals surface area contributed by atoms with Crippen molar-refractivity contribution in [1.29, 1.82) is 0 Å². The van der Waals surface area contributed by atoms with E-state index in [1.807, 2.05) is 6.07 Å². The number of hydrazine groups is 1. The lowest BCUT2D eigenvalue weighted by Gasteiger charge is -2.32. The van der Waals surface area contributed by atoms with E-state index in [4.69, 9.17) is 10.6 Å². The minimum Gasteiger partial charge on any atom is -0.481 e. The number of nitrogens with one attached hydrogen (secondary N) is 1. The van der Waals surface area contributed by atoms with Crippen molar-refractivity contribution < 1.29 is 4.74 Å². The molecule has 0 bridgehead atoms. The lowest BCUT2D eigenvalue weighted by molar-refractivity contribution is 0.389. The van der Waals surface area contributed by atoms with Crippen LogP contribution < -0.4 is 16.0 Å². The summed E-state index contributed by atoms with van der Waals surface area (Å²) in [6.07, 6.45) is 3.54. The molecule has 0 saturated heterocycles. The average molecular weight is 270 g/mol. The molecule has 1 aliphatic rings. The molecule has 5 nitrogen and oxygen atoms in total. The standard InChI is InChI=1S/C15H18N4O/c1-20-15-8-13(17-9-18-15)14(19-16)7-11-6-10-4-2-3-5-12(10)11/h2-5,8-9,11,14,19H,6-7,16H2,1H3. The van der Waals surface area contributed by atoms with Crippen molar-refractivity contribution in [2.24, 2.45) is 5.84 Å². The number of rotatable bonds is 5. The zero-order valence-corrected chi connectivity index (χ0v) is 11.4. The third-order valence-corrected chi connectivity index (χ3v) is 3.91. The molecule has 1 aliphatic carbocycles. The molecule has 0 aliphatic heterocycles. The molecule has 0 spiro atoms. The van der Waals surface area contributed by atoms with Crippen LogP contribution in [0, 0.1) is 0 Å². The van der Waals surface area contributed by atoms with Crippen LogP contribution in [0.4, 0.5) is 0 Å². The van der Waals surface area contributed by atoms with E-state index in [1.54, 1.807) is 7.11 Å². The molecule has 20 heavy (non-hydrogen) atoms. The number of methoxy groups -OCH3 is 1. The molecule has 1 aromatic heterocycles. The molecule has 1 aromatic carbocycles. The molecule has 5 heteroatoms. The Balaban J connectivity index is 1.75. The fraction of sp³-hybridized carbons (Fsp3) is 0.333. The van der Waals surface area contributed by atoms with Gasteiger partial charge in [-0.3, -0.25) is 11.3 Å². The average Bonchev–Trinajstić information content (AvgIpc) is 2.48. The second-order valence-electron chi connectivity index (χ2n) is 5.04. The molecule has 3 N–H and O–H groups in total. The molecule has 0 fully saturated rings. The van der Waals surface area contributed by atoms with Crippen LogP contribution in [0.15, 0.2) is 36.7 Å². The zero-order chi connectivity index (χ0) is 13.9. The monoisotopic (exact) mass is 270 g/mol. The Labute approximate surface area is 118 Å². The first-order valence-electron chi connectivity index (χ1n) is 6.71. The highest BCUT2D eigenvalue weighted by Gasteiger charge is 2.28. The predicted octanol–water partition coefficient (Wildman–Crippen LogP) is 1.72. The normalized spacial score (nSPS) is 18.0. The van der Waals surface area contributed by atoms with Gasteiger partial charge in [0.15, 0.2) is 0 Å². The first kappa shape index (κ1) is 13.0. The highest BCUT2D eigenvalue weighted by Crippen LogP contribution is 2.40. The Kier molecular flexibility index (Phi) is 3.62. The lowest BCUT2D eigenvalue weighted by atomic mass is 9.74. The van der Waals surface area contributed by atoms with Crippen LogP contribution in [-0.2, 0) is 6.42 Å². The van der Waals surface area contributed by atoms with Gasteiger partial charge in [0.25, 0.3) is 0 Å². The van der Waals surface area contributed by atoms with E-state index in [1.165, 1.54) is 17.5 Å². The minimum absolute atomic E-state index is 0.00487. The van der Waals surface area contributed by atoms with Crippen LogP contribution in [0.1, 0.15) is 35.2 Å². The summed E-state index contributed by atoms with van der Waals surface area (Å²) in [6.45, 7) is 0. The summed E-state index contributed by atoms with van der Waals surface area (Å²) >= 11 is 0. The molecule has 1 heterocycles. The van der Waals surface area contributed by atoms with Gasteiger partial charge in [0.05, 0.1) is 18.8 Å². The summed E-state index contributed by atoms with van der Waals surface area (Å²) in [7, 11) is 1.60. The zero-order valence-electron chi connectivity index (χ0n) is 11.4. The van der Waals surface area contributed by atoms with Gasteiger partial charge in [-0.2, -0.15) is 0 Å². The number of nitrogens with zero attached hydrogens (tertiary/aromatic N) is 2. The van der Waals surface area contributed by atoms with E-state index < -0.39 is 0 Å². The molecule has 2 aromatic rings. The van der Waals surface area contributed by atoms with E-state index in [-0.39, 0.29) is 6.04 Å². The molecule has 0 saturated carbocycles. The quantitative estimate of drug-likeness (QED) is 0.639. The summed E-state index contributed by atoms with van der Waals surface area (Å²) < 4.78 is 5.13. The summed E-state index contributed by atoms with van der Waals surface area (Å²) in [4.78, 5) is 8.31. The lowest BCUT2D eigenvalue weighted by Crippen LogP contribution is -2.32. The number of ether oxygens (including phenoxy) is 1. The highest BCUT2D eigenvalue weighted by atomic mass is 16.5. The van der Waals surface area contributed by atoms with Gasteiger partial charge in [0.2, 0.25) is 5.88 Å². The van der Waals surface area contributed by atoms with Crippen molar-refractivity contribution in [1.82, 2.24) is 15.4 Å². The molecule has 3 rings (SSSR count). The first-order valence-corrected chi connectivity index (χ1v) is 6.71. The molecular formula is C15H18N4O. The van der Waals surface area contributed by atoms with Crippen LogP contribution in [0.25, 0.3) is 0 Å². The van der Waals surface area contributed by atoms with Crippen LogP contribution in [0.5, 0.6) is 5.88 Å². The van der Waals surface area contributed by atoms with Gasteiger partial charge < -0.3 is 4.74 Å². The Bertz CT molecular complexity index is 602. The van der Waals surface area contributed by atoms with Crippen molar-refractivity contribution in [3.63, 3.8) is 0 Å². The van der Waals surface area contributed by atoms with Gasteiger partial charge in [0.1, 0.15) is 6.33 Å². The van der Waals surface area contributed by atoms with Crippen LogP contribution in [-0.4, -0.2) is 17.1 Å². The largest absolute Gasteiger partial charge is 0.481 e. The maximum atomic E-state index is 5.69. The fourth-order valence-electron chi connectivity index (χ4n) is 2.79. The smallest absolute Gasteiger partial charge is 0.216 e. The van der Waals surface area contributed by atoms with E-state index in [0.717, 1.165) is 18.5 Å². The molecule has 2 unspecified atom stereocenters. The number of aromatic nitrogens is 2. The van der Waals surface area contributed by atoms with E-state index in [9.17, 15) is 0 Å². The third kappa shape index (κ3) is 2.37. The Morgan fingerprint density at radius 3 is 3.00 bits per heavy atom. The number of fused-ring (bicyclic) bond motifs is 1. The first-order chi connectivity index (χ1) is 9.81. The minimum atomic E-state index is 0.00487. The van der Waals surface area contributed by atoms with Crippen LogP contribution in [0.3, 0.4) is 0 Å². The van der Waals surface area contributed by atoms with Gasteiger partial charge in [-0.05, 0) is 29.9 Å². The van der Waals surface area contributed by atoms with Crippen molar-refractivity contribution in [3.8, 4) is 5.88 Å². The molecular weight excluding hydrogens is 252 g/mol. The van der Waals surface area contributed by atoms with E-state index >= 15 is 0 Å². The topological polar surface area (TPSA) is 73.1 Å². The second kappa shape index (κ2) is 5.56. The number of hydrogen-bond acceptors (Lipinski definition) is 5. The maximum absolute atomic E-state index is 5.69. The van der Waals surface area contributed by atoms with Gasteiger partial charge in [0, 0.05) is 6.07 Å². The number of benzene rings is 1. The van der Waals surface area contributed by atoms with Gasteiger partial charge >= 0.3 is 0 Å². The van der Waals surface area contributed by atoms with Crippen LogP contribution in [0.2, 0.25) is 0 Å². The molecule has 2 atom stereocenters. The second-order valence-corrected chi connectivity index (χ2v) is 5.04. The number of nitrogens with two attached hydrogens (primary N) is 1. The molecule has 0 amide bonds. The third-order valence-electron chi connectivity index (χ3n) is 3.91. The van der Waals surface area contributed by atoms with Crippen molar-refractivity contribution in [3.05, 3.63) is 53.5 Å².